The number of unbranched alkanes of at least 4 members (excludes halogenated alkanes) is 53. The number of phosphoric ester groups is 2. The van der Waals surface area contributed by atoms with Gasteiger partial charge in [0.05, 0.1) is 26.4 Å². The molecular weight excluding hydrogens is 1340 g/mol. The van der Waals surface area contributed by atoms with Crippen LogP contribution in [0.25, 0.3) is 0 Å². The molecule has 17 nitrogen and oxygen atoms in total. The van der Waals surface area contributed by atoms with Crippen molar-refractivity contribution in [2.75, 3.05) is 39.6 Å². The fraction of sp³-hybridized carbons (Fsp3) is 0.952. The first-order valence-electron chi connectivity index (χ1n) is 43.5. The van der Waals surface area contributed by atoms with Crippen LogP contribution in [0.3, 0.4) is 0 Å². The predicted octanol–water partition coefficient (Wildman–Crippen LogP) is 25.5. The summed E-state index contributed by atoms with van der Waals surface area (Å²) in [6, 6.07) is 0. The second-order valence-corrected chi connectivity index (χ2v) is 34.1. The minimum atomic E-state index is -4.96. The first-order chi connectivity index (χ1) is 49.9. The molecule has 0 aromatic carbocycles. The summed E-state index contributed by atoms with van der Waals surface area (Å²) in [5, 5.41) is 10.7. The van der Waals surface area contributed by atoms with Crippen molar-refractivity contribution in [1.29, 1.82) is 0 Å². The van der Waals surface area contributed by atoms with Gasteiger partial charge in [-0.25, -0.2) is 9.13 Å². The van der Waals surface area contributed by atoms with Crippen LogP contribution >= 0.6 is 15.6 Å². The summed E-state index contributed by atoms with van der Waals surface area (Å²) in [5.41, 5.74) is 0. The van der Waals surface area contributed by atoms with Gasteiger partial charge in [-0.3, -0.25) is 37.3 Å². The maximum Gasteiger partial charge on any atom is 0.472 e. The van der Waals surface area contributed by atoms with Gasteiger partial charge in [-0.2, -0.15) is 0 Å². The van der Waals surface area contributed by atoms with Crippen molar-refractivity contribution >= 4 is 39.5 Å². The Bertz CT molecular complexity index is 1980. The summed E-state index contributed by atoms with van der Waals surface area (Å²) in [4.78, 5) is 73.2. The lowest BCUT2D eigenvalue weighted by molar-refractivity contribution is -0.161. The van der Waals surface area contributed by atoms with Gasteiger partial charge in [-0.05, 0) is 37.5 Å². The zero-order chi connectivity index (χ0) is 75.6. The Balaban J connectivity index is 5.26. The smallest absolute Gasteiger partial charge is 0.462 e. The third-order valence-corrected chi connectivity index (χ3v) is 21.6. The molecule has 612 valence electrons. The summed E-state index contributed by atoms with van der Waals surface area (Å²) >= 11 is 0. The van der Waals surface area contributed by atoms with Crippen molar-refractivity contribution in [3.63, 3.8) is 0 Å². The topological polar surface area (TPSA) is 237 Å². The quantitative estimate of drug-likeness (QED) is 0.0222. The Hall–Kier alpha value is -1.94. The van der Waals surface area contributed by atoms with Crippen molar-refractivity contribution in [3.05, 3.63) is 0 Å². The molecule has 3 N–H and O–H groups in total. The molecule has 0 radical (unpaired) electrons. The first-order valence-corrected chi connectivity index (χ1v) is 46.5. The van der Waals surface area contributed by atoms with Gasteiger partial charge in [0.2, 0.25) is 0 Å². The van der Waals surface area contributed by atoms with Crippen LogP contribution in [0.15, 0.2) is 0 Å². The SMILES string of the molecule is CCCCCCCCCCCCCCCCCCCCCCC(=O)O[C@H](COC(=O)CCCCCCCCCCCCCCCC(C)C)COP(=O)(O)OC[C@@H](O)COP(=O)(O)OC[C@@H](COC(=O)CCCCCCCCCCCCC(C)C)OC(=O)CCCCCCCCCCCCCCCC. The van der Waals surface area contributed by atoms with Crippen LogP contribution in [0, 0.1) is 11.8 Å². The van der Waals surface area contributed by atoms with Crippen molar-refractivity contribution in [1.82, 2.24) is 0 Å². The molecule has 0 saturated heterocycles. The predicted molar refractivity (Wildman–Crippen MR) is 423 cm³/mol. The van der Waals surface area contributed by atoms with Crippen molar-refractivity contribution in [3.8, 4) is 0 Å². The molecule has 5 atom stereocenters. The average molecular weight is 1510 g/mol. The maximum atomic E-state index is 13.1. The molecule has 0 aliphatic heterocycles. The summed E-state index contributed by atoms with van der Waals surface area (Å²) in [6.07, 6.45) is 66.5. The highest BCUT2D eigenvalue weighted by atomic mass is 31.2. The number of carbonyl (C=O) groups excluding carboxylic acids is 4. The number of carbonyl (C=O) groups is 4. The van der Waals surface area contributed by atoms with Gasteiger partial charge < -0.3 is 33.8 Å². The molecule has 0 aromatic heterocycles. The molecule has 103 heavy (non-hydrogen) atoms. The lowest BCUT2D eigenvalue weighted by Gasteiger charge is -2.21. The monoisotopic (exact) mass is 1510 g/mol. The normalized spacial score (nSPS) is 13.9. The van der Waals surface area contributed by atoms with Crippen molar-refractivity contribution in [2.45, 2.75) is 464 Å². The first kappa shape index (κ1) is 101. The average Bonchev–Trinajstić information content (AvgIpc) is 0.913. The minimum Gasteiger partial charge on any atom is -0.462 e. The molecule has 0 amide bonds. The minimum absolute atomic E-state index is 0.108. The number of phosphoric acid groups is 2. The third kappa shape index (κ3) is 78.0. The van der Waals surface area contributed by atoms with E-state index in [4.69, 9.17) is 37.0 Å². The fourth-order valence-electron chi connectivity index (χ4n) is 13.1. The number of hydrogen-bond donors (Lipinski definition) is 3. The van der Waals surface area contributed by atoms with E-state index in [9.17, 15) is 43.2 Å². The van der Waals surface area contributed by atoms with Gasteiger partial charge in [0, 0.05) is 25.7 Å². The fourth-order valence-corrected chi connectivity index (χ4v) is 14.6. The Kier molecular flexibility index (Phi) is 74.1. The molecule has 0 aliphatic carbocycles. The van der Waals surface area contributed by atoms with E-state index >= 15 is 0 Å². The molecule has 0 fully saturated rings. The van der Waals surface area contributed by atoms with Crippen molar-refractivity contribution in [2.24, 2.45) is 11.8 Å². The largest absolute Gasteiger partial charge is 0.472 e. The molecule has 0 rings (SSSR count). The number of aliphatic hydroxyl groups is 1. The second kappa shape index (κ2) is 75.5. The highest BCUT2D eigenvalue weighted by Gasteiger charge is 2.30. The summed E-state index contributed by atoms with van der Waals surface area (Å²) in [6.45, 7) is 9.67. The molecule has 0 heterocycles. The van der Waals surface area contributed by atoms with Crippen LogP contribution in [-0.2, 0) is 65.4 Å². The van der Waals surface area contributed by atoms with Crippen molar-refractivity contribution < 1.29 is 80.2 Å². The van der Waals surface area contributed by atoms with E-state index in [1.54, 1.807) is 0 Å². The second-order valence-electron chi connectivity index (χ2n) is 31.2. The highest BCUT2D eigenvalue weighted by Crippen LogP contribution is 2.45. The van der Waals surface area contributed by atoms with Gasteiger partial charge >= 0.3 is 39.5 Å². The van der Waals surface area contributed by atoms with Crippen LogP contribution in [-0.4, -0.2) is 96.7 Å². The summed E-state index contributed by atoms with van der Waals surface area (Å²) in [7, 11) is -9.93. The van der Waals surface area contributed by atoms with Gasteiger partial charge in [0.25, 0.3) is 0 Å². The van der Waals surface area contributed by atoms with E-state index in [2.05, 4.69) is 41.5 Å². The van der Waals surface area contributed by atoms with Crippen LogP contribution in [0.2, 0.25) is 0 Å². The Morgan fingerprint density at radius 2 is 0.447 bits per heavy atom. The Labute approximate surface area is 632 Å². The number of aliphatic hydroxyl groups excluding tert-OH is 1. The molecule has 0 bridgehead atoms. The van der Waals surface area contributed by atoms with E-state index in [-0.39, 0.29) is 25.7 Å². The van der Waals surface area contributed by atoms with E-state index < -0.39 is 97.5 Å². The van der Waals surface area contributed by atoms with E-state index in [0.717, 1.165) is 102 Å². The maximum absolute atomic E-state index is 13.1. The number of esters is 4. The lowest BCUT2D eigenvalue weighted by atomic mass is 10.0. The van der Waals surface area contributed by atoms with Gasteiger partial charge in [-0.15, -0.1) is 0 Å². The highest BCUT2D eigenvalue weighted by molar-refractivity contribution is 7.47. The van der Waals surface area contributed by atoms with E-state index in [0.29, 0.717) is 25.7 Å². The molecule has 0 spiro atoms. The van der Waals surface area contributed by atoms with Crippen LogP contribution in [0.4, 0.5) is 0 Å². The van der Waals surface area contributed by atoms with Crippen LogP contribution in [0.5, 0.6) is 0 Å². The molecule has 19 heteroatoms. The molecule has 2 unspecified atom stereocenters. The lowest BCUT2D eigenvalue weighted by Crippen LogP contribution is -2.30. The van der Waals surface area contributed by atoms with Gasteiger partial charge in [-0.1, -0.05) is 395 Å². The number of ether oxygens (including phenoxy) is 4. The van der Waals surface area contributed by atoms with Gasteiger partial charge in [0.15, 0.2) is 12.2 Å². The summed E-state index contributed by atoms with van der Waals surface area (Å²) in [5.74, 6) is -0.553. The molecule has 0 aromatic rings. The van der Waals surface area contributed by atoms with E-state index in [1.165, 1.54) is 263 Å². The van der Waals surface area contributed by atoms with Crippen LogP contribution < -0.4 is 0 Å². The number of hydrogen-bond acceptors (Lipinski definition) is 15. The zero-order valence-electron chi connectivity index (χ0n) is 67.6. The van der Waals surface area contributed by atoms with E-state index in [1.807, 2.05) is 0 Å². The molecular formula is C84H164O17P2. The standard InChI is InChI=1S/C84H164O17P2/c1-7-9-11-13-15-17-19-21-23-24-25-26-27-28-32-37-45-51-57-63-69-84(89)100-79(72-94-81(86)66-60-54-48-42-35-33-29-30-34-40-46-52-58-64-76(3)4)74-98-102(90,91)96-70-78(85)71-97-103(92,93)99-75-80(73-95-82(87)67-61-55-49-43-39-38-41-47-53-59-65-77(5)6)101-83(88)68-62-56-50-44-36-31-22-20-18-16-14-12-10-8-2/h76-80,85H,7-75H2,1-6H3,(H,90,91)(H,92,93)/t78-,79-,80-/m1/s1. The van der Waals surface area contributed by atoms with Crippen LogP contribution in [0.1, 0.15) is 446 Å². The van der Waals surface area contributed by atoms with Gasteiger partial charge in [0.1, 0.15) is 19.3 Å². The number of rotatable bonds is 83. The molecule has 0 aliphatic rings. The zero-order valence-corrected chi connectivity index (χ0v) is 69.4. The Morgan fingerprint density at radius 3 is 0.660 bits per heavy atom. The summed E-state index contributed by atoms with van der Waals surface area (Å²) < 4.78 is 68.9. The molecule has 0 saturated carbocycles. The Morgan fingerprint density at radius 1 is 0.262 bits per heavy atom. The third-order valence-electron chi connectivity index (χ3n) is 19.7.